The van der Waals surface area contributed by atoms with Gasteiger partial charge in [0.2, 0.25) is 0 Å². The Kier molecular flexibility index (Phi) is 7.74. The van der Waals surface area contributed by atoms with Crippen molar-refractivity contribution in [3.05, 3.63) is 119 Å². The average Bonchev–Trinajstić information content (AvgIpc) is 3.38. The zero-order valence-corrected chi connectivity index (χ0v) is 27.5. The molecule has 2 aromatic heterocycles. The zero-order valence-electron chi connectivity index (χ0n) is 27.5. The molecule has 0 aliphatic heterocycles. The summed E-state index contributed by atoms with van der Waals surface area (Å²) in [5.74, 6) is -0.919. The summed E-state index contributed by atoms with van der Waals surface area (Å²) in [6.45, 7) is 15.2. The second-order valence-electron chi connectivity index (χ2n) is 13.4. The van der Waals surface area contributed by atoms with E-state index in [0.717, 1.165) is 6.07 Å². The predicted molar refractivity (Wildman–Crippen MR) is 189 cm³/mol. The van der Waals surface area contributed by atoms with Gasteiger partial charge in [-0.05, 0) is 42.0 Å². The predicted octanol–water partition coefficient (Wildman–Crippen LogP) is 8.62. The van der Waals surface area contributed by atoms with E-state index >= 15 is 0 Å². The van der Waals surface area contributed by atoms with Crippen LogP contribution in [0.3, 0.4) is 0 Å². The number of phenolic OH excluding ortho intramolecular Hbond substituents is 6. The van der Waals surface area contributed by atoms with Crippen LogP contribution in [0.5, 0.6) is 34.5 Å². The fourth-order valence-electron chi connectivity index (χ4n) is 6.06. The van der Waals surface area contributed by atoms with Gasteiger partial charge in [-0.15, -0.1) is 13.2 Å². The maximum atomic E-state index is 13.3. The lowest BCUT2D eigenvalue weighted by Gasteiger charge is -2.23. The Labute approximate surface area is 281 Å². The Morgan fingerprint density at radius 3 is 1.92 bits per heavy atom. The lowest BCUT2D eigenvalue weighted by molar-refractivity contribution is 0.437. The van der Waals surface area contributed by atoms with Crippen molar-refractivity contribution in [3.63, 3.8) is 0 Å². The molecule has 0 spiro atoms. The third-order valence-electron chi connectivity index (χ3n) is 9.25. The molecule has 2 heterocycles. The molecule has 0 aliphatic carbocycles. The summed E-state index contributed by atoms with van der Waals surface area (Å²) in [6, 6.07) is 14.6. The van der Waals surface area contributed by atoms with E-state index in [9.17, 15) is 35.4 Å². The molecule has 0 atom stereocenters. The smallest absolute Gasteiger partial charge is 0.344 e. The first-order valence-electron chi connectivity index (χ1n) is 15.5. The molecule has 9 heteroatoms. The topological polar surface area (TPSA) is 165 Å². The van der Waals surface area contributed by atoms with Crippen molar-refractivity contribution in [2.45, 2.75) is 44.9 Å². The molecular formula is C40H36O9. The van der Waals surface area contributed by atoms with Gasteiger partial charge in [0.05, 0.1) is 11.1 Å². The standard InChI is InChI=1S/C40H36O9/c1-7-39(3,4)28-14-21-13-26(38(47)49-35(21)19-34(28)46)24-11-20(30(42)17-31(24)43)12-25-23-10-9-22(41)15-36(23)48-37(25)27-16-29(40(5,6)8-2)33(45)18-32(27)44/h7-11,13-19,41-46H,1-2,12H2,3-6H3. The highest BCUT2D eigenvalue weighted by Gasteiger charge is 2.27. The van der Waals surface area contributed by atoms with Crippen LogP contribution >= 0.6 is 0 Å². The van der Waals surface area contributed by atoms with E-state index in [1.54, 1.807) is 36.4 Å². The van der Waals surface area contributed by atoms with Gasteiger partial charge in [-0.1, -0.05) is 39.8 Å². The molecule has 250 valence electrons. The first-order chi connectivity index (χ1) is 23.0. The molecule has 0 radical (unpaired) electrons. The monoisotopic (exact) mass is 660 g/mol. The Balaban J connectivity index is 1.54. The molecule has 0 aliphatic rings. The molecular weight excluding hydrogens is 624 g/mol. The fraction of sp³-hybridized carbons (Fsp3) is 0.175. The molecule has 0 amide bonds. The summed E-state index contributed by atoms with van der Waals surface area (Å²) in [4.78, 5) is 13.3. The van der Waals surface area contributed by atoms with E-state index in [-0.39, 0.29) is 69.0 Å². The van der Waals surface area contributed by atoms with Crippen molar-refractivity contribution in [1.82, 2.24) is 0 Å². The number of aromatic hydroxyl groups is 6. The van der Waals surface area contributed by atoms with Crippen LogP contribution in [0.4, 0.5) is 0 Å². The minimum atomic E-state index is -0.772. The van der Waals surface area contributed by atoms with Crippen LogP contribution in [0.15, 0.2) is 99.6 Å². The normalized spacial score (nSPS) is 12.1. The Hall–Kier alpha value is -6.09. The van der Waals surface area contributed by atoms with Crippen LogP contribution in [0.2, 0.25) is 0 Å². The van der Waals surface area contributed by atoms with Crippen molar-refractivity contribution >= 4 is 21.9 Å². The van der Waals surface area contributed by atoms with E-state index in [2.05, 4.69) is 13.2 Å². The van der Waals surface area contributed by atoms with Gasteiger partial charge in [0.15, 0.2) is 0 Å². The first-order valence-corrected chi connectivity index (χ1v) is 15.5. The maximum absolute atomic E-state index is 13.3. The van der Waals surface area contributed by atoms with Crippen LogP contribution in [0, 0.1) is 0 Å². The molecule has 0 fully saturated rings. The number of allylic oxidation sites excluding steroid dienone is 2. The van der Waals surface area contributed by atoms with Gasteiger partial charge in [-0.3, -0.25) is 0 Å². The summed E-state index contributed by atoms with van der Waals surface area (Å²) >= 11 is 0. The molecule has 9 nitrogen and oxygen atoms in total. The summed E-state index contributed by atoms with van der Waals surface area (Å²) in [7, 11) is 0. The lowest BCUT2D eigenvalue weighted by Crippen LogP contribution is -2.13. The second kappa shape index (κ2) is 11.6. The van der Waals surface area contributed by atoms with Crippen LogP contribution in [0.25, 0.3) is 44.4 Å². The fourth-order valence-corrected chi connectivity index (χ4v) is 6.06. The molecule has 0 bridgehead atoms. The third kappa shape index (κ3) is 5.63. The molecule has 6 N–H and O–H groups in total. The van der Waals surface area contributed by atoms with Gasteiger partial charge < -0.3 is 39.5 Å². The number of hydrogen-bond donors (Lipinski definition) is 6. The summed E-state index contributed by atoms with van der Waals surface area (Å²) in [6.07, 6.45) is 3.36. The summed E-state index contributed by atoms with van der Waals surface area (Å²) < 4.78 is 11.8. The van der Waals surface area contributed by atoms with Crippen molar-refractivity contribution in [2.24, 2.45) is 0 Å². The van der Waals surface area contributed by atoms with Crippen molar-refractivity contribution in [1.29, 1.82) is 0 Å². The number of furan rings is 1. The SMILES string of the molecule is C=CC(C)(C)c1cc(-c2oc3cc(O)ccc3c2Cc2cc(-c3cc4cc(C(C)(C)C=C)c(O)cc4oc3=O)c(O)cc2O)c(O)cc1O. The third-order valence-corrected chi connectivity index (χ3v) is 9.25. The molecule has 0 saturated heterocycles. The van der Waals surface area contributed by atoms with Crippen molar-refractivity contribution < 1.29 is 39.5 Å². The lowest BCUT2D eigenvalue weighted by atomic mass is 9.82. The quantitative estimate of drug-likeness (QED) is 0.0692. The van der Waals surface area contributed by atoms with Crippen LogP contribution < -0.4 is 5.63 Å². The molecule has 6 aromatic rings. The number of hydrogen-bond acceptors (Lipinski definition) is 9. The Morgan fingerprint density at radius 1 is 0.633 bits per heavy atom. The molecule has 6 rings (SSSR count). The molecule has 0 saturated carbocycles. The average molecular weight is 661 g/mol. The number of benzene rings is 4. The van der Waals surface area contributed by atoms with Crippen molar-refractivity contribution in [2.75, 3.05) is 0 Å². The minimum Gasteiger partial charge on any atom is -0.508 e. The number of rotatable bonds is 8. The van der Waals surface area contributed by atoms with Crippen LogP contribution in [0.1, 0.15) is 49.9 Å². The summed E-state index contributed by atoms with van der Waals surface area (Å²) in [5, 5.41) is 65.7. The van der Waals surface area contributed by atoms with Gasteiger partial charge in [0.1, 0.15) is 51.4 Å². The van der Waals surface area contributed by atoms with Gasteiger partial charge >= 0.3 is 5.63 Å². The highest BCUT2D eigenvalue weighted by molar-refractivity contribution is 5.91. The number of fused-ring (bicyclic) bond motifs is 2. The van der Waals surface area contributed by atoms with Gasteiger partial charge in [-0.25, -0.2) is 4.79 Å². The van der Waals surface area contributed by atoms with Gasteiger partial charge in [-0.2, -0.15) is 0 Å². The van der Waals surface area contributed by atoms with E-state index in [0.29, 0.717) is 38.6 Å². The van der Waals surface area contributed by atoms with E-state index < -0.39 is 16.5 Å². The van der Waals surface area contributed by atoms with E-state index in [1.807, 2.05) is 27.7 Å². The van der Waals surface area contributed by atoms with E-state index in [4.69, 9.17) is 8.83 Å². The van der Waals surface area contributed by atoms with E-state index in [1.165, 1.54) is 30.3 Å². The van der Waals surface area contributed by atoms with Gasteiger partial charge in [0, 0.05) is 74.5 Å². The molecule has 4 aromatic carbocycles. The Morgan fingerprint density at radius 2 is 1.24 bits per heavy atom. The minimum absolute atomic E-state index is 0.00280. The second-order valence-corrected chi connectivity index (χ2v) is 13.4. The van der Waals surface area contributed by atoms with Crippen molar-refractivity contribution in [3.8, 4) is 56.9 Å². The van der Waals surface area contributed by atoms with Gasteiger partial charge in [0.25, 0.3) is 0 Å². The largest absolute Gasteiger partial charge is 0.508 e. The first kappa shape index (κ1) is 32.8. The number of phenols is 6. The van der Waals surface area contributed by atoms with Crippen LogP contribution in [-0.2, 0) is 17.3 Å². The maximum Gasteiger partial charge on any atom is 0.344 e. The highest BCUT2D eigenvalue weighted by atomic mass is 16.4. The summed E-state index contributed by atoms with van der Waals surface area (Å²) in [5.41, 5.74) is 0.635. The highest BCUT2D eigenvalue weighted by Crippen LogP contribution is 2.46. The Bertz CT molecular complexity index is 2390. The zero-order chi connectivity index (χ0) is 35.6. The molecule has 49 heavy (non-hydrogen) atoms. The van der Waals surface area contributed by atoms with Crippen LogP contribution in [-0.4, -0.2) is 30.6 Å². The molecule has 0 unspecified atom stereocenters.